The number of esters is 1. The van der Waals surface area contributed by atoms with Crippen LogP contribution in [-0.2, 0) is 14.3 Å². The Bertz CT molecular complexity index is 208. The molecule has 0 saturated heterocycles. The fourth-order valence-electron chi connectivity index (χ4n) is 1.87. The van der Waals surface area contributed by atoms with Gasteiger partial charge in [-0.2, -0.15) is 0 Å². The van der Waals surface area contributed by atoms with E-state index in [1.54, 1.807) is 13.8 Å². The van der Waals surface area contributed by atoms with Gasteiger partial charge in [-0.05, 0) is 26.7 Å². The summed E-state index contributed by atoms with van der Waals surface area (Å²) in [6, 6.07) is 0.0654. The van der Waals surface area contributed by atoms with E-state index in [-0.39, 0.29) is 18.1 Å². The van der Waals surface area contributed by atoms with Crippen LogP contribution in [0.15, 0.2) is 0 Å². The lowest BCUT2D eigenvalue weighted by molar-refractivity contribution is -0.160. The molecule has 0 bridgehead atoms. The van der Waals surface area contributed by atoms with Crippen molar-refractivity contribution in [3.63, 3.8) is 0 Å². The lowest BCUT2D eigenvalue weighted by atomic mass is 9.93. The van der Waals surface area contributed by atoms with Crippen LogP contribution < -0.4 is 5.73 Å². The first kappa shape index (κ1) is 12.5. The first-order valence-corrected chi connectivity index (χ1v) is 5.72. The summed E-state index contributed by atoms with van der Waals surface area (Å²) in [6.07, 6.45) is 3.74. The molecular formula is C11H21NO3. The molecule has 2 N–H and O–H groups in total. The normalized spacial score (nSPS) is 28.5. The lowest BCUT2D eigenvalue weighted by Crippen LogP contribution is -2.42. The molecule has 0 spiro atoms. The van der Waals surface area contributed by atoms with Crippen molar-refractivity contribution in [2.75, 3.05) is 6.61 Å². The van der Waals surface area contributed by atoms with Gasteiger partial charge in [-0.15, -0.1) is 0 Å². The lowest BCUT2D eigenvalue weighted by Gasteiger charge is -2.30. The van der Waals surface area contributed by atoms with E-state index < -0.39 is 6.10 Å². The Morgan fingerprint density at radius 2 is 2.13 bits per heavy atom. The zero-order valence-electron chi connectivity index (χ0n) is 9.57. The van der Waals surface area contributed by atoms with Gasteiger partial charge in [0.25, 0.3) is 0 Å². The van der Waals surface area contributed by atoms with Gasteiger partial charge in [0.1, 0.15) is 0 Å². The van der Waals surface area contributed by atoms with Crippen LogP contribution in [0.2, 0.25) is 0 Å². The van der Waals surface area contributed by atoms with E-state index in [2.05, 4.69) is 0 Å². The molecular weight excluding hydrogens is 194 g/mol. The molecule has 0 radical (unpaired) electrons. The third-order valence-corrected chi connectivity index (χ3v) is 2.75. The largest absolute Gasteiger partial charge is 0.464 e. The minimum absolute atomic E-state index is 0.0122. The molecule has 1 aliphatic carbocycles. The average molecular weight is 215 g/mol. The van der Waals surface area contributed by atoms with E-state index in [0.29, 0.717) is 6.61 Å². The molecule has 1 fully saturated rings. The van der Waals surface area contributed by atoms with Crippen molar-refractivity contribution in [3.8, 4) is 0 Å². The van der Waals surface area contributed by atoms with Crippen LogP contribution in [0.3, 0.4) is 0 Å². The third-order valence-electron chi connectivity index (χ3n) is 2.75. The van der Waals surface area contributed by atoms with Crippen molar-refractivity contribution in [1.82, 2.24) is 0 Å². The average Bonchev–Trinajstić information content (AvgIpc) is 2.21. The van der Waals surface area contributed by atoms with Crippen molar-refractivity contribution >= 4 is 5.97 Å². The molecule has 0 aromatic heterocycles. The Balaban J connectivity index is 2.35. The highest BCUT2D eigenvalue weighted by Crippen LogP contribution is 2.21. The Morgan fingerprint density at radius 3 is 2.73 bits per heavy atom. The SMILES string of the molecule is CCOC(=O)C(C)OC1CCCCC1N. The summed E-state index contributed by atoms with van der Waals surface area (Å²) in [5, 5.41) is 0. The summed E-state index contributed by atoms with van der Waals surface area (Å²) >= 11 is 0. The third kappa shape index (κ3) is 3.80. The van der Waals surface area contributed by atoms with Crippen molar-refractivity contribution in [2.45, 2.75) is 57.8 Å². The maximum absolute atomic E-state index is 11.3. The van der Waals surface area contributed by atoms with Gasteiger partial charge < -0.3 is 15.2 Å². The summed E-state index contributed by atoms with van der Waals surface area (Å²) in [5.74, 6) is -0.296. The molecule has 3 unspecified atom stereocenters. The number of nitrogens with two attached hydrogens (primary N) is 1. The Labute approximate surface area is 91.1 Å². The van der Waals surface area contributed by atoms with Gasteiger partial charge in [0, 0.05) is 6.04 Å². The highest BCUT2D eigenvalue weighted by Gasteiger charge is 2.26. The maximum Gasteiger partial charge on any atom is 0.334 e. The van der Waals surface area contributed by atoms with Crippen molar-refractivity contribution in [3.05, 3.63) is 0 Å². The number of rotatable bonds is 4. The standard InChI is InChI=1S/C11H21NO3/c1-3-14-11(13)8(2)15-10-7-5-4-6-9(10)12/h8-10H,3-7,12H2,1-2H3. The van der Waals surface area contributed by atoms with Crippen molar-refractivity contribution in [1.29, 1.82) is 0 Å². The molecule has 1 aliphatic rings. The van der Waals surface area contributed by atoms with Gasteiger partial charge in [-0.3, -0.25) is 0 Å². The fourth-order valence-corrected chi connectivity index (χ4v) is 1.87. The second-order valence-corrected chi connectivity index (χ2v) is 4.02. The van der Waals surface area contributed by atoms with Crippen LogP contribution in [0.1, 0.15) is 39.5 Å². The topological polar surface area (TPSA) is 61.5 Å². The smallest absolute Gasteiger partial charge is 0.334 e. The number of hydrogen-bond donors (Lipinski definition) is 1. The monoisotopic (exact) mass is 215 g/mol. The van der Waals surface area contributed by atoms with Crippen LogP contribution in [0.25, 0.3) is 0 Å². The highest BCUT2D eigenvalue weighted by molar-refractivity contribution is 5.74. The fraction of sp³-hybridized carbons (Fsp3) is 0.909. The summed E-state index contributed by atoms with van der Waals surface area (Å²) < 4.78 is 10.5. The van der Waals surface area contributed by atoms with E-state index >= 15 is 0 Å². The molecule has 4 nitrogen and oxygen atoms in total. The van der Waals surface area contributed by atoms with Crippen LogP contribution in [0.5, 0.6) is 0 Å². The van der Waals surface area contributed by atoms with Crippen molar-refractivity contribution in [2.24, 2.45) is 5.73 Å². The van der Waals surface area contributed by atoms with Crippen molar-refractivity contribution < 1.29 is 14.3 Å². The van der Waals surface area contributed by atoms with Gasteiger partial charge in [0.15, 0.2) is 6.10 Å². The minimum Gasteiger partial charge on any atom is -0.464 e. The maximum atomic E-state index is 11.3. The van der Waals surface area contributed by atoms with Gasteiger partial charge >= 0.3 is 5.97 Å². The molecule has 0 aliphatic heterocycles. The van der Waals surface area contributed by atoms with Crippen LogP contribution >= 0.6 is 0 Å². The molecule has 0 aromatic rings. The zero-order chi connectivity index (χ0) is 11.3. The predicted molar refractivity (Wildman–Crippen MR) is 57.4 cm³/mol. The summed E-state index contributed by atoms with van der Waals surface area (Å²) in [5.41, 5.74) is 5.92. The molecule has 1 saturated carbocycles. The molecule has 0 heterocycles. The first-order chi connectivity index (χ1) is 7.15. The molecule has 3 atom stereocenters. The number of carbonyl (C=O) groups excluding carboxylic acids is 1. The van der Waals surface area contributed by atoms with E-state index in [1.807, 2.05) is 0 Å². The molecule has 88 valence electrons. The quantitative estimate of drug-likeness (QED) is 0.716. The Kier molecular flexibility index (Phi) is 5.05. The first-order valence-electron chi connectivity index (χ1n) is 5.72. The predicted octanol–water partition coefficient (Wildman–Crippen LogP) is 1.22. The zero-order valence-corrected chi connectivity index (χ0v) is 9.57. The summed E-state index contributed by atoms with van der Waals surface area (Å²) in [7, 11) is 0. The molecule has 15 heavy (non-hydrogen) atoms. The number of hydrogen-bond acceptors (Lipinski definition) is 4. The highest BCUT2D eigenvalue weighted by atomic mass is 16.6. The second kappa shape index (κ2) is 6.08. The van der Waals surface area contributed by atoms with E-state index in [4.69, 9.17) is 15.2 Å². The van der Waals surface area contributed by atoms with E-state index in [0.717, 1.165) is 25.7 Å². The summed E-state index contributed by atoms with van der Waals surface area (Å²) in [6.45, 7) is 3.90. The minimum atomic E-state index is -0.501. The molecule has 1 rings (SSSR count). The van der Waals surface area contributed by atoms with Crippen LogP contribution in [0, 0.1) is 0 Å². The van der Waals surface area contributed by atoms with E-state index in [9.17, 15) is 4.79 Å². The number of ether oxygens (including phenoxy) is 2. The molecule has 0 aromatic carbocycles. The molecule has 0 amide bonds. The van der Waals surface area contributed by atoms with Gasteiger partial charge in [0.2, 0.25) is 0 Å². The number of carbonyl (C=O) groups is 1. The second-order valence-electron chi connectivity index (χ2n) is 4.02. The van der Waals surface area contributed by atoms with Crippen LogP contribution in [-0.4, -0.2) is 30.8 Å². The Hall–Kier alpha value is -0.610. The van der Waals surface area contributed by atoms with Gasteiger partial charge in [-0.1, -0.05) is 12.8 Å². The summed E-state index contributed by atoms with van der Waals surface area (Å²) in [4.78, 5) is 11.3. The van der Waals surface area contributed by atoms with Gasteiger partial charge in [0.05, 0.1) is 12.7 Å². The van der Waals surface area contributed by atoms with Gasteiger partial charge in [-0.25, -0.2) is 4.79 Å². The molecule has 4 heteroatoms. The Morgan fingerprint density at radius 1 is 1.47 bits per heavy atom. The van der Waals surface area contributed by atoms with E-state index in [1.165, 1.54) is 0 Å². The van der Waals surface area contributed by atoms with Crippen LogP contribution in [0.4, 0.5) is 0 Å².